The molecule has 1 aromatic carbocycles. The van der Waals surface area contributed by atoms with Gasteiger partial charge >= 0.3 is 0 Å². The molecule has 108 valence electrons. The van der Waals surface area contributed by atoms with Crippen molar-refractivity contribution in [3.63, 3.8) is 0 Å². The number of nitrogens with one attached hydrogen (secondary N) is 1. The van der Waals surface area contributed by atoms with Gasteiger partial charge in [-0.3, -0.25) is 4.79 Å². The Morgan fingerprint density at radius 1 is 1.40 bits per heavy atom. The maximum Gasteiger partial charge on any atom is 0.254 e. The Balaban J connectivity index is 1.88. The van der Waals surface area contributed by atoms with E-state index in [1.165, 1.54) is 18.4 Å². The second-order valence-electron chi connectivity index (χ2n) is 6.36. The van der Waals surface area contributed by atoms with Crippen molar-refractivity contribution in [2.24, 2.45) is 5.92 Å². The highest BCUT2D eigenvalue weighted by Gasteiger charge is 2.30. The van der Waals surface area contributed by atoms with Crippen LogP contribution in [0.1, 0.15) is 49.0 Å². The Morgan fingerprint density at radius 3 is 2.90 bits per heavy atom. The first-order valence-corrected chi connectivity index (χ1v) is 7.83. The molecular formula is C17H24N2O. The Labute approximate surface area is 121 Å². The first-order chi connectivity index (χ1) is 9.66. The monoisotopic (exact) mass is 272 g/mol. The number of anilines is 1. The van der Waals surface area contributed by atoms with Gasteiger partial charge in [-0.25, -0.2) is 0 Å². The summed E-state index contributed by atoms with van der Waals surface area (Å²) in [7, 11) is 0. The molecule has 1 amide bonds. The van der Waals surface area contributed by atoms with Crippen molar-refractivity contribution in [3.8, 4) is 0 Å². The van der Waals surface area contributed by atoms with Gasteiger partial charge in [0.1, 0.15) is 0 Å². The summed E-state index contributed by atoms with van der Waals surface area (Å²) in [6.45, 7) is 6.18. The number of rotatable bonds is 4. The van der Waals surface area contributed by atoms with Crippen LogP contribution in [0.4, 0.5) is 5.69 Å². The fraction of sp³-hybridized carbons (Fsp3) is 0.588. The Morgan fingerprint density at radius 2 is 2.20 bits per heavy atom. The van der Waals surface area contributed by atoms with Crippen molar-refractivity contribution in [3.05, 3.63) is 29.3 Å². The summed E-state index contributed by atoms with van der Waals surface area (Å²) in [4.78, 5) is 15.0. The Bertz CT molecular complexity index is 506. The normalized spacial score (nSPS) is 17.6. The van der Waals surface area contributed by atoms with E-state index in [2.05, 4.69) is 30.1 Å². The van der Waals surface area contributed by atoms with Crippen molar-refractivity contribution in [1.29, 1.82) is 0 Å². The molecule has 3 rings (SSSR count). The molecule has 1 aromatic rings. The smallest absolute Gasteiger partial charge is 0.254 e. The predicted octanol–water partition coefficient (Wildman–Crippen LogP) is 3.31. The summed E-state index contributed by atoms with van der Waals surface area (Å²) < 4.78 is 0. The van der Waals surface area contributed by atoms with Gasteiger partial charge < -0.3 is 10.2 Å². The first kappa shape index (κ1) is 13.5. The molecule has 0 aromatic heterocycles. The standard InChI is InChI=1S/C17H24N2O/c1-12(2)19(11-13-8-9-13)17(20)15-5-3-7-16-14(15)6-4-10-18-16/h3,5,7,12-13,18H,4,6,8-11H2,1-2H3. The van der Waals surface area contributed by atoms with Crippen molar-refractivity contribution < 1.29 is 4.79 Å². The lowest BCUT2D eigenvalue weighted by Gasteiger charge is -2.29. The summed E-state index contributed by atoms with van der Waals surface area (Å²) in [6.07, 6.45) is 4.69. The molecule has 1 saturated carbocycles. The van der Waals surface area contributed by atoms with Gasteiger partial charge in [0.2, 0.25) is 0 Å². The number of carbonyl (C=O) groups excluding carboxylic acids is 1. The predicted molar refractivity (Wildman–Crippen MR) is 82.1 cm³/mol. The highest BCUT2D eigenvalue weighted by atomic mass is 16.2. The van der Waals surface area contributed by atoms with Gasteiger partial charge in [-0.05, 0) is 63.1 Å². The van der Waals surface area contributed by atoms with Crippen LogP contribution in [0, 0.1) is 5.92 Å². The third kappa shape index (κ3) is 2.67. The quantitative estimate of drug-likeness (QED) is 0.912. The van der Waals surface area contributed by atoms with Crippen molar-refractivity contribution in [1.82, 2.24) is 4.90 Å². The summed E-state index contributed by atoms with van der Waals surface area (Å²) in [5.41, 5.74) is 3.27. The van der Waals surface area contributed by atoms with Crippen molar-refractivity contribution in [2.45, 2.75) is 45.6 Å². The Kier molecular flexibility index (Phi) is 3.68. The molecule has 3 nitrogen and oxygen atoms in total. The van der Waals surface area contributed by atoms with Crippen LogP contribution in [0.25, 0.3) is 0 Å². The molecule has 0 spiro atoms. The highest BCUT2D eigenvalue weighted by molar-refractivity contribution is 5.97. The van der Waals surface area contributed by atoms with Crippen LogP contribution in [0.15, 0.2) is 18.2 Å². The molecule has 1 N–H and O–H groups in total. The van der Waals surface area contributed by atoms with Crippen LogP contribution in [0.5, 0.6) is 0 Å². The van der Waals surface area contributed by atoms with E-state index in [1.54, 1.807) is 0 Å². The largest absolute Gasteiger partial charge is 0.385 e. The summed E-state index contributed by atoms with van der Waals surface area (Å²) in [6, 6.07) is 6.36. The molecular weight excluding hydrogens is 248 g/mol. The fourth-order valence-electron chi connectivity index (χ4n) is 2.97. The van der Waals surface area contributed by atoms with E-state index in [1.807, 2.05) is 12.1 Å². The molecule has 1 aliphatic heterocycles. The van der Waals surface area contributed by atoms with Gasteiger partial charge in [-0.1, -0.05) is 6.07 Å². The summed E-state index contributed by atoms with van der Waals surface area (Å²) >= 11 is 0. The molecule has 0 saturated heterocycles. The van der Waals surface area contributed by atoms with Crippen LogP contribution in [-0.2, 0) is 6.42 Å². The molecule has 2 aliphatic rings. The van der Waals surface area contributed by atoms with Crippen LogP contribution in [0.3, 0.4) is 0 Å². The van der Waals surface area contributed by atoms with Crippen LogP contribution in [-0.4, -0.2) is 29.9 Å². The molecule has 0 radical (unpaired) electrons. The SMILES string of the molecule is CC(C)N(CC1CC1)C(=O)c1cccc2c1CCCN2. The summed E-state index contributed by atoms with van der Waals surface area (Å²) in [5, 5.41) is 3.41. The number of fused-ring (bicyclic) bond motifs is 1. The van der Waals surface area contributed by atoms with E-state index >= 15 is 0 Å². The average molecular weight is 272 g/mol. The lowest BCUT2D eigenvalue weighted by molar-refractivity contribution is 0.0695. The third-order valence-electron chi connectivity index (χ3n) is 4.36. The van der Waals surface area contributed by atoms with E-state index in [0.29, 0.717) is 0 Å². The highest BCUT2D eigenvalue weighted by Crippen LogP contribution is 2.32. The average Bonchev–Trinajstić information content (AvgIpc) is 3.27. The molecule has 0 bridgehead atoms. The molecule has 0 unspecified atom stereocenters. The van der Waals surface area contributed by atoms with Crippen molar-refractivity contribution >= 4 is 11.6 Å². The van der Waals surface area contributed by atoms with E-state index in [4.69, 9.17) is 0 Å². The zero-order chi connectivity index (χ0) is 14.1. The van der Waals surface area contributed by atoms with Crippen molar-refractivity contribution in [2.75, 3.05) is 18.4 Å². The van der Waals surface area contributed by atoms with E-state index in [0.717, 1.165) is 43.1 Å². The van der Waals surface area contributed by atoms with Gasteiger partial charge in [0, 0.05) is 30.4 Å². The number of hydrogen-bond acceptors (Lipinski definition) is 2. The first-order valence-electron chi connectivity index (χ1n) is 7.83. The molecule has 1 heterocycles. The maximum atomic E-state index is 12.9. The lowest BCUT2D eigenvalue weighted by atomic mass is 9.96. The van der Waals surface area contributed by atoms with Gasteiger partial charge in [-0.15, -0.1) is 0 Å². The number of hydrogen-bond donors (Lipinski definition) is 1. The van der Waals surface area contributed by atoms with E-state index < -0.39 is 0 Å². The number of amides is 1. The zero-order valence-corrected chi connectivity index (χ0v) is 12.5. The fourth-order valence-corrected chi connectivity index (χ4v) is 2.97. The van der Waals surface area contributed by atoms with Gasteiger partial charge in [-0.2, -0.15) is 0 Å². The van der Waals surface area contributed by atoms with Crippen LogP contribution in [0.2, 0.25) is 0 Å². The minimum atomic E-state index is 0.215. The van der Waals surface area contributed by atoms with Gasteiger partial charge in [0.15, 0.2) is 0 Å². The maximum absolute atomic E-state index is 12.9. The zero-order valence-electron chi connectivity index (χ0n) is 12.5. The van der Waals surface area contributed by atoms with E-state index in [-0.39, 0.29) is 11.9 Å². The number of benzene rings is 1. The second-order valence-corrected chi connectivity index (χ2v) is 6.36. The minimum absolute atomic E-state index is 0.215. The van der Waals surface area contributed by atoms with E-state index in [9.17, 15) is 4.79 Å². The Hall–Kier alpha value is -1.51. The molecule has 0 atom stereocenters. The van der Waals surface area contributed by atoms with Crippen LogP contribution >= 0.6 is 0 Å². The minimum Gasteiger partial charge on any atom is -0.385 e. The second kappa shape index (κ2) is 5.47. The molecule has 1 aliphatic carbocycles. The summed E-state index contributed by atoms with van der Waals surface area (Å²) in [5.74, 6) is 0.950. The van der Waals surface area contributed by atoms with Crippen LogP contribution < -0.4 is 5.32 Å². The topological polar surface area (TPSA) is 32.3 Å². The van der Waals surface area contributed by atoms with Gasteiger partial charge in [0.25, 0.3) is 5.91 Å². The molecule has 20 heavy (non-hydrogen) atoms. The number of carbonyl (C=O) groups is 1. The molecule has 1 fully saturated rings. The third-order valence-corrected chi connectivity index (χ3v) is 4.36. The number of nitrogens with zero attached hydrogens (tertiary/aromatic N) is 1. The van der Waals surface area contributed by atoms with Gasteiger partial charge in [0.05, 0.1) is 0 Å². The molecule has 3 heteroatoms. The lowest BCUT2D eigenvalue weighted by Crippen LogP contribution is -2.39.